The molecule has 3 saturated carbocycles. The van der Waals surface area contributed by atoms with E-state index >= 15 is 0 Å². The summed E-state index contributed by atoms with van der Waals surface area (Å²) in [5.74, 6) is 2.82. The summed E-state index contributed by atoms with van der Waals surface area (Å²) in [7, 11) is 1.94. The Labute approximate surface area is 148 Å². The first-order valence-corrected chi connectivity index (χ1v) is 9.62. The maximum Gasteiger partial charge on any atom is 0.227 e. The number of carbonyl (C=O) groups excluding carboxylic acids is 1. The first kappa shape index (κ1) is 15.2. The van der Waals surface area contributed by atoms with Crippen molar-refractivity contribution in [1.29, 1.82) is 0 Å². The van der Waals surface area contributed by atoms with Gasteiger partial charge in [0.2, 0.25) is 5.91 Å². The summed E-state index contributed by atoms with van der Waals surface area (Å²) in [5, 5.41) is 7.73. The molecule has 1 N–H and O–H groups in total. The van der Waals surface area contributed by atoms with Crippen LogP contribution in [-0.2, 0) is 11.8 Å². The molecule has 0 spiro atoms. The fraction of sp³-hybridized carbons (Fsp3) is 0.524. The lowest BCUT2D eigenvalue weighted by Crippen LogP contribution is -2.35. The molecule has 1 aromatic carbocycles. The minimum absolute atomic E-state index is 0.197. The topological polar surface area (TPSA) is 46.9 Å². The number of nitrogens with one attached hydrogen (secondary N) is 1. The van der Waals surface area contributed by atoms with Crippen molar-refractivity contribution in [2.24, 2.45) is 24.8 Å². The third-order valence-electron chi connectivity index (χ3n) is 6.16. The Morgan fingerprint density at radius 1 is 1.12 bits per heavy atom. The molecule has 0 atom stereocenters. The lowest BCUT2D eigenvalue weighted by atomic mass is 9.72. The van der Waals surface area contributed by atoms with Crippen LogP contribution in [-0.4, -0.2) is 15.7 Å². The van der Waals surface area contributed by atoms with E-state index in [1.54, 1.807) is 0 Å². The van der Waals surface area contributed by atoms with Crippen molar-refractivity contribution in [3.8, 4) is 11.3 Å². The van der Waals surface area contributed by atoms with Crippen molar-refractivity contribution in [2.75, 3.05) is 5.32 Å². The van der Waals surface area contributed by atoms with Crippen LogP contribution >= 0.6 is 0 Å². The van der Waals surface area contributed by atoms with Gasteiger partial charge in [0.1, 0.15) is 0 Å². The highest BCUT2D eigenvalue weighted by atomic mass is 16.1. The predicted octanol–water partition coefficient (Wildman–Crippen LogP) is 4.34. The molecular weight excluding hydrogens is 310 g/mol. The van der Waals surface area contributed by atoms with E-state index in [-0.39, 0.29) is 11.8 Å². The average molecular weight is 335 g/mol. The standard InChI is InChI=1S/C21H25N3O/c1-24-9-8-20(23-24)19-12-17(6-7-18(19)14-4-5-14)22-21(25)16-10-15(11-16)13-2-3-13/h6-9,12-16H,2-5,10-11H2,1H3,(H,22,25)/t15-,16-. The monoisotopic (exact) mass is 335 g/mol. The van der Waals surface area contributed by atoms with Gasteiger partial charge in [-0.2, -0.15) is 5.10 Å². The van der Waals surface area contributed by atoms with Crippen LogP contribution in [0.2, 0.25) is 0 Å². The van der Waals surface area contributed by atoms with Gasteiger partial charge in [-0.3, -0.25) is 9.48 Å². The van der Waals surface area contributed by atoms with Crippen LogP contribution < -0.4 is 5.32 Å². The van der Waals surface area contributed by atoms with E-state index in [1.165, 1.54) is 36.8 Å². The van der Waals surface area contributed by atoms with Crippen LogP contribution in [0.4, 0.5) is 5.69 Å². The lowest BCUT2D eigenvalue weighted by molar-refractivity contribution is -0.124. The third-order valence-corrected chi connectivity index (χ3v) is 6.16. The Balaban J connectivity index is 1.34. The number of hydrogen-bond acceptors (Lipinski definition) is 2. The summed E-state index contributed by atoms with van der Waals surface area (Å²) in [4.78, 5) is 12.5. The molecule has 25 heavy (non-hydrogen) atoms. The van der Waals surface area contributed by atoms with Gasteiger partial charge in [0, 0.05) is 30.4 Å². The largest absolute Gasteiger partial charge is 0.326 e. The van der Waals surface area contributed by atoms with Crippen LogP contribution in [0.3, 0.4) is 0 Å². The second-order valence-corrected chi connectivity index (χ2v) is 8.21. The van der Waals surface area contributed by atoms with E-state index in [1.807, 2.05) is 17.9 Å². The zero-order chi connectivity index (χ0) is 17.0. The molecular formula is C21H25N3O. The van der Waals surface area contributed by atoms with Gasteiger partial charge < -0.3 is 5.32 Å². The highest BCUT2D eigenvalue weighted by molar-refractivity contribution is 5.94. The molecule has 1 aromatic heterocycles. The quantitative estimate of drug-likeness (QED) is 0.883. The third kappa shape index (κ3) is 2.99. The molecule has 3 aliphatic rings. The van der Waals surface area contributed by atoms with Crippen LogP contribution in [0.15, 0.2) is 30.5 Å². The number of benzene rings is 1. The minimum Gasteiger partial charge on any atom is -0.326 e. The van der Waals surface area contributed by atoms with E-state index in [0.29, 0.717) is 5.92 Å². The van der Waals surface area contributed by atoms with Crippen molar-refractivity contribution in [3.63, 3.8) is 0 Å². The van der Waals surface area contributed by atoms with Gasteiger partial charge >= 0.3 is 0 Å². The zero-order valence-electron chi connectivity index (χ0n) is 14.7. The minimum atomic E-state index is 0.197. The van der Waals surface area contributed by atoms with Crippen LogP contribution in [0.1, 0.15) is 50.0 Å². The maximum absolute atomic E-state index is 12.5. The fourth-order valence-electron chi connectivity index (χ4n) is 4.24. The van der Waals surface area contributed by atoms with Gasteiger partial charge in [0.15, 0.2) is 0 Å². The number of amides is 1. The molecule has 3 fully saturated rings. The molecule has 0 saturated heterocycles. The highest BCUT2D eigenvalue weighted by Crippen LogP contribution is 2.50. The summed E-state index contributed by atoms with van der Waals surface area (Å²) in [6.45, 7) is 0. The number of anilines is 1. The summed E-state index contributed by atoms with van der Waals surface area (Å²) in [6, 6.07) is 8.42. The lowest BCUT2D eigenvalue weighted by Gasteiger charge is -2.34. The van der Waals surface area contributed by atoms with E-state index in [9.17, 15) is 4.79 Å². The van der Waals surface area contributed by atoms with Crippen molar-refractivity contribution in [1.82, 2.24) is 9.78 Å². The molecule has 2 aromatic rings. The van der Waals surface area contributed by atoms with E-state index in [2.05, 4.69) is 34.7 Å². The summed E-state index contributed by atoms with van der Waals surface area (Å²) in [6.07, 6.45) is 9.44. The van der Waals surface area contributed by atoms with E-state index in [0.717, 1.165) is 36.1 Å². The Hall–Kier alpha value is -2.10. The van der Waals surface area contributed by atoms with Crippen molar-refractivity contribution in [2.45, 2.75) is 44.4 Å². The summed E-state index contributed by atoms with van der Waals surface area (Å²) in [5.41, 5.74) is 4.45. The zero-order valence-corrected chi connectivity index (χ0v) is 14.7. The number of aromatic nitrogens is 2. The Morgan fingerprint density at radius 2 is 1.92 bits per heavy atom. The van der Waals surface area contributed by atoms with Crippen LogP contribution in [0.25, 0.3) is 11.3 Å². The van der Waals surface area contributed by atoms with Gasteiger partial charge in [0.25, 0.3) is 0 Å². The highest BCUT2D eigenvalue weighted by Gasteiger charge is 2.42. The van der Waals surface area contributed by atoms with Gasteiger partial charge in [-0.15, -0.1) is 0 Å². The SMILES string of the molecule is Cn1ccc(-c2cc(NC(=O)[C@H]3C[C@H](C4CC4)C3)ccc2C2CC2)n1. The van der Waals surface area contributed by atoms with E-state index < -0.39 is 0 Å². The number of nitrogens with zero attached hydrogens (tertiary/aromatic N) is 2. The number of hydrogen-bond donors (Lipinski definition) is 1. The molecule has 0 bridgehead atoms. The Kier molecular flexibility index (Phi) is 3.47. The molecule has 130 valence electrons. The second-order valence-electron chi connectivity index (χ2n) is 8.21. The molecule has 4 nitrogen and oxygen atoms in total. The summed E-state index contributed by atoms with van der Waals surface area (Å²) < 4.78 is 1.84. The molecule has 0 unspecified atom stereocenters. The average Bonchev–Trinajstić information content (AvgIpc) is 3.46. The van der Waals surface area contributed by atoms with Crippen molar-refractivity contribution in [3.05, 3.63) is 36.0 Å². The summed E-state index contributed by atoms with van der Waals surface area (Å²) >= 11 is 0. The normalized spacial score (nSPS) is 25.5. The van der Waals surface area contributed by atoms with Crippen molar-refractivity contribution < 1.29 is 4.79 Å². The molecule has 1 amide bonds. The van der Waals surface area contributed by atoms with E-state index in [4.69, 9.17) is 0 Å². The molecule has 1 heterocycles. The van der Waals surface area contributed by atoms with Crippen LogP contribution in [0.5, 0.6) is 0 Å². The first-order chi connectivity index (χ1) is 12.2. The Bertz CT molecular complexity index is 810. The Morgan fingerprint density at radius 3 is 2.56 bits per heavy atom. The first-order valence-electron chi connectivity index (χ1n) is 9.62. The van der Waals surface area contributed by atoms with Gasteiger partial charge in [-0.25, -0.2) is 0 Å². The maximum atomic E-state index is 12.5. The number of aryl methyl sites for hydroxylation is 1. The van der Waals surface area contributed by atoms with Crippen LogP contribution in [0, 0.1) is 17.8 Å². The second kappa shape index (κ2) is 5.72. The predicted molar refractivity (Wildman–Crippen MR) is 98.2 cm³/mol. The fourth-order valence-corrected chi connectivity index (χ4v) is 4.24. The smallest absolute Gasteiger partial charge is 0.227 e. The number of carbonyl (C=O) groups is 1. The van der Waals surface area contributed by atoms with Gasteiger partial charge in [-0.05, 0) is 80.0 Å². The molecule has 5 rings (SSSR count). The van der Waals surface area contributed by atoms with Gasteiger partial charge in [0.05, 0.1) is 5.69 Å². The number of rotatable bonds is 5. The van der Waals surface area contributed by atoms with Crippen molar-refractivity contribution >= 4 is 11.6 Å². The molecule has 3 aliphatic carbocycles. The van der Waals surface area contributed by atoms with Gasteiger partial charge in [-0.1, -0.05) is 6.07 Å². The molecule has 0 radical (unpaired) electrons. The molecule has 0 aliphatic heterocycles. The molecule has 4 heteroatoms.